The van der Waals surface area contributed by atoms with Gasteiger partial charge in [-0.1, -0.05) is 64.7 Å². The van der Waals surface area contributed by atoms with Crippen LogP contribution in [0.2, 0.25) is 5.28 Å². The van der Waals surface area contributed by atoms with Gasteiger partial charge in [0.05, 0.1) is 12.9 Å². The molecule has 0 spiro atoms. The summed E-state index contributed by atoms with van der Waals surface area (Å²) in [6.07, 6.45) is 6.29. The summed E-state index contributed by atoms with van der Waals surface area (Å²) >= 11 is 6.07. The Labute approximate surface area is 254 Å². The molecule has 19 heteroatoms. The lowest BCUT2D eigenvalue weighted by atomic mass is 10.1. The van der Waals surface area contributed by atoms with Crippen molar-refractivity contribution in [3.8, 4) is 0 Å². The van der Waals surface area contributed by atoms with E-state index in [1.807, 2.05) is 0 Å². The lowest BCUT2D eigenvalue weighted by molar-refractivity contribution is -0.0331. The summed E-state index contributed by atoms with van der Waals surface area (Å²) in [5, 5.41) is 25.4. The second-order valence-corrected chi connectivity index (χ2v) is 15.0. The van der Waals surface area contributed by atoms with Gasteiger partial charge in [0.15, 0.2) is 23.2 Å². The summed E-state index contributed by atoms with van der Waals surface area (Å²) in [5.74, 6) is -1.36. The van der Waals surface area contributed by atoms with Crippen molar-refractivity contribution >= 4 is 49.8 Å². The van der Waals surface area contributed by atoms with Crippen LogP contribution < -0.4 is 10.4 Å². The fourth-order valence-electron chi connectivity index (χ4n) is 4.71. The van der Waals surface area contributed by atoms with Gasteiger partial charge >= 0.3 is 13.7 Å². The molecule has 244 valence electrons. The van der Waals surface area contributed by atoms with Gasteiger partial charge in [0.1, 0.15) is 24.2 Å². The van der Waals surface area contributed by atoms with Crippen molar-refractivity contribution in [2.24, 2.45) is 0 Å². The zero-order valence-electron chi connectivity index (χ0n) is 23.9. The van der Waals surface area contributed by atoms with Gasteiger partial charge in [0.2, 0.25) is 5.28 Å². The molecule has 0 aliphatic carbocycles. The Bertz CT molecular complexity index is 1300. The lowest BCUT2D eigenvalue weighted by Gasteiger charge is -2.19. The van der Waals surface area contributed by atoms with E-state index < -0.39 is 58.2 Å². The zero-order valence-corrected chi connectivity index (χ0v) is 26.5. The van der Waals surface area contributed by atoms with Gasteiger partial charge < -0.3 is 34.4 Å². The molecule has 1 aliphatic rings. The molecule has 16 nitrogen and oxygen atoms in total. The van der Waals surface area contributed by atoms with E-state index in [2.05, 4.69) is 32.3 Å². The summed E-state index contributed by atoms with van der Waals surface area (Å²) < 4.78 is 35.3. The highest BCUT2D eigenvalue weighted by atomic mass is 35.5. The maximum Gasteiger partial charge on any atom is 0.412 e. The highest BCUT2D eigenvalue weighted by Gasteiger charge is 2.45. The van der Waals surface area contributed by atoms with E-state index >= 15 is 0 Å². The number of imidazole rings is 1. The number of rotatable bonds is 18. The maximum absolute atomic E-state index is 12.4. The fraction of sp³-hybridized carbons (Fsp3) is 0.750. The minimum atomic E-state index is -4.80. The fourth-order valence-corrected chi connectivity index (χ4v) is 7.74. The van der Waals surface area contributed by atoms with E-state index in [4.69, 9.17) is 30.9 Å². The molecule has 1 aliphatic heterocycles. The van der Waals surface area contributed by atoms with Crippen molar-refractivity contribution < 1.29 is 48.3 Å². The molecule has 0 bridgehead atoms. The summed E-state index contributed by atoms with van der Waals surface area (Å²) in [6, 6.07) is 0. The van der Waals surface area contributed by atoms with Crippen molar-refractivity contribution in [3.63, 3.8) is 0 Å². The monoisotopic (exact) mass is 670 g/mol. The van der Waals surface area contributed by atoms with Gasteiger partial charge in [-0.2, -0.15) is 9.97 Å². The van der Waals surface area contributed by atoms with Crippen LogP contribution in [0.25, 0.3) is 11.2 Å². The molecule has 2 aromatic heterocycles. The van der Waals surface area contributed by atoms with Gasteiger partial charge in [0, 0.05) is 6.54 Å². The van der Waals surface area contributed by atoms with Gasteiger partial charge in [-0.15, -0.1) is 0 Å². The highest BCUT2D eigenvalue weighted by molar-refractivity contribution is 7.71. The quantitative estimate of drug-likeness (QED) is 0.0683. The number of hydrogen-bond acceptors (Lipinski definition) is 10. The molecule has 3 unspecified atom stereocenters. The average Bonchev–Trinajstić information content (AvgIpc) is 3.45. The van der Waals surface area contributed by atoms with Gasteiger partial charge in [0.25, 0.3) is 7.52 Å². The van der Waals surface area contributed by atoms with Gasteiger partial charge in [-0.25, -0.2) is 14.9 Å². The second-order valence-electron chi connectivity index (χ2n) is 10.5. The predicted molar refractivity (Wildman–Crippen MR) is 158 cm³/mol. The van der Waals surface area contributed by atoms with Crippen molar-refractivity contribution in [2.75, 3.05) is 24.4 Å². The Balaban J connectivity index is 1.53. The van der Waals surface area contributed by atoms with Crippen LogP contribution >= 0.6 is 26.7 Å². The molecular formula is C24H41ClN6O10P2. The van der Waals surface area contributed by atoms with Crippen molar-refractivity contribution in [1.29, 1.82) is 0 Å². The van der Waals surface area contributed by atoms with Gasteiger partial charge in [-0.05, 0) is 18.0 Å². The topological polar surface area (TPSA) is 238 Å². The third-order valence-electron chi connectivity index (χ3n) is 6.87. The number of hydrogen-bond donors (Lipinski definition) is 7. The Morgan fingerprint density at radius 3 is 2.28 bits per heavy atom. The summed E-state index contributed by atoms with van der Waals surface area (Å²) in [7, 11) is -9.27. The number of aliphatic hydroxyl groups excluding tert-OH is 2. The largest absolute Gasteiger partial charge is 0.449 e. The molecule has 3 heterocycles. The summed E-state index contributed by atoms with van der Waals surface area (Å²) in [5.41, 5.74) is 0.137. The molecule has 1 amide bonds. The summed E-state index contributed by atoms with van der Waals surface area (Å²) in [6.45, 7) is 1.92. The number of carbonyl (C=O) groups is 1. The Morgan fingerprint density at radius 2 is 1.65 bits per heavy atom. The molecular weight excluding hydrogens is 630 g/mol. The molecule has 7 N–H and O–H groups in total. The van der Waals surface area contributed by atoms with Crippen LogP contribution in [0.5, 0.6) is 0 Å². The molecule has 3 rings (SSSR count). The zero-order chi connectivity index (χ0) is 31.6. The number of unbranched alkanes of at least 4 members (excludes halogenated alkanes) is 9. The molecule has 0 saturated carbocycles. The second kappa shape index (κ2) is 16.6. The van der Waals surface area contributed by atoms with E-state index in [0.29, 0.717) is 0 Å². The molecule has 5 atom stereocenters. The molecule has 2 aromatic rings. The number of fused-ring (bicyclic) bond motifs is 1. The third-order valence-corrected chi connectivity index (χ3v) is 10.7. The Morgan fingerprint density at radius 1 is 1.02 bits per heavy atom. The normalized spacial score (nSPS) is 22.1. The average molecular weight is 671 g/mol. The number of carbonyl (C=O) groups excluding carboxylic acids is 1. The van der Waals surface area contributed by atoms with E-state index in [-0.39, 0.29) is 28.9 Å². The SMILES string of the molecule is CCCCCCCCCCCCOC(=O)Nc1nc(Cl)nc2c1ncn2[C@@H]1O[C@H](CNP(=O)(O)CP(=O)(O)O)C(O)C1O. The van der Waals surface area contributed by atoms with Crippen LogP contribution in [0.15, 0.2) is 6.33 Å². The number of nitrogens with one attached hydrogen (secondary N) is 2. The standard InChI is InChI=1S/C24H41ClN6O10P2/c1-2-3-4-5-6-7-8-9-10-11-12-40-24(34)29-20-17-21(30-23(25)28-20)31(14-26-17)22-19(33)18(32)16(41-22)13-27-42(35,36)15-43(37,38)39/h14,16,18-19,22,32-33H,2-13,15H2,1H3,(H2,27,35,36)(H2,37,38,39)(H,28,29,30,34)/t16-,18?,19?,22-/m1/s1. The minimum Gasteiger partial charge on any atom is -0.449 e. The third kappa shape index (κ3) is 11.3. The van der Waals surface area contributed by atoms with Crippen molar-refractivity contribution in [3.05, 3.63) is 11.6 Å². The first-order chi connectivity index (χ1) is 20.3. The molecule has 0 aromatic carbocycles. The maximum atomic E-state index is 12.4. The molecule has 43 heavy (non-hydrogen) atoms. The number of ether oxygens (including phenoxy) is 2. The van der Waals surface area contributed by atoms with E-state index in [1.165, 1.54) is 49.4 Å². The van der Waals surface area contributed by atoms with Gasteiger partial charge in [-0.3, -0.25) is 19.0 Å². The number of anilines is 1. The van der Waals surface area contributed by atoms with Crippen LogP contribution in [-0.4, -0.2) is 87.9 Å². The number of aliphatic hydroxyl groups is 2. The number of halogens is 1. The van der Waals surface area contributed by atoms with E-state index in [9.17, 15) is 29.0 Å². The van der Waals surface area contributed by atoms with Crippen molar-refractivity contribution in [2.45, 2.75) is 95.7 Å². The number of nitrogens with zero attached hydrogens (tertiary/aromatic N) is 4. The first kappa shape index (κ1) is 35.8. The van der Waals surface area contributed by atoms with Crippen LogP contribution in [0, 0.1) is 0 Å². The highest BCUT2D eigenvalue weighted by Crippen LogP contribution is 2.52. The lowest BCUT2D eigenvalue weighted by Crippen LogP contribution is -2.37. The Hall–Kier alpha value is -1.71. The first-order valence-corrected chi connectivity index (χ1v) is 18.3. The number of amides is 1. The first-order valence-electron chi connectivity index (χ1n) is 14.3. The molecule has 1 saturated heterocycles. The van der Waals surface area contributed by atoms with Crippen LogP contribution in [0.4, 0.5) is 10.6 Å². The minimum absolute atomic E-state index is 0.0455. The molecule has 0 radical (unpaired) electrons. The number of aromatic nitrogens is 4. The van der Waals surface area contributed by atoms with Crippen LogP contribution in [0.3, 0.4) is 0 Å². The van der Waals surface area contributed by atoms with Crippen molar-refractivity contribution in [1.82, 2.24) is 24.6 Å². The molecule has 1 fully saturated rings. The Kier molecular flexibility index (Phi) is 13.8. The predicted octanol–water partition coefficient (Wildman–Crippen LogP) is 3.48. The van der Waals surface area contributed by atoms with Crippen LogP contribution in [0.1, 0.15) is 77.4 Å². The van der Waals surface area contributed by atoms with Crippen LogP contribution in [-0.2, 0) is 18.6 Å². The van der Waals surface area contributed by atoms with E-state index in [0.717, 1.165) is 25.7 Å². The van der Waals surface area contributed by atoms with E-state index in [1.54, 1.807) is 0 Å². The smallest absolute Gasteiger partial charge is 0.412 e. The summed E-state index contributed by atoms with van der Waals surface area (Å²) in [4.78, 5) is 52.4.